The molecular formula is C16H23N3O2. The van der Waals surface area contributed by atoms with Gasteiger partial charge in [-0.1, -0.05) is 27.2 Å². The van der Waals surface area contributed by atoms with Gasteiger partial charge in [0.05, 0.1) is 5.54 Å². The van der Waals surface area contributed by atoms with Gasteiger partial charge >= 0.3 is 0 Å². The molecule has 1 heterocycles. The molecule has 3 N–H and O–H groups in total. The van der Waals surface area contributed by atoms with Crippen LogP contribution in [0.4, 0.5) is 5.69 Å². The lowest BCUT2D eigenvalue weighted by Gasteiger charge is -2.22. The minimum atomic E-state index is -0.864. The van der Waals surface area contributed by atoms with E-state index in [1.54, 1.807) is 13.0 Å². The van der Waals surface area contributed by atoms with Crippen LogP contribution in [0, 0.1) is 0 Å². The number of oxazole rings is 1. The summed E-state index contributed by atoms with van der Waals surface area (Å²) in [5, 5.41) is 2.85. The smallest absolute Gasteiger partial charge is 0.244 e. The molecule has 0 fully saturated rings. The average molecular weight is 289 g/mol. The van der Waals surface area contributed by atoms with E-state index in [0.29, 0.717) is 18.0 Å². The molecule has 1 atom stereocenters. The lowest BCUT2D eigenvalue weighted by Crippen LogP contribution is -2.48. The Kier molecular flexibility index (Phi) is 4.32. The minimum absolute atomic E-state index is 0.184. The van der Waals surface area contributed by atoms with Gasteiger partial charge in [-0.3, -0.25) is 4.79 Å². The zero-order chi connectivity index (χ0) is 15.6. The number of nitrogens with two attached hydrogens (primary N) is 1. The van der Waals surface area contributed by atoms with Gasteiger partial charge in [0.1, 0.15) is 5.52 Å². The number of benzene rings is 1. The normalized spacial score (nSPS) is 14.4. The lowest BCUT2D eigenvalue weighted by atomic mass is 9.96. The van der Waals surface area contributed by atoms with E-state index < -0.39 is 5.54 Å². The van der Waals surface area contributed by atoms with Crippen LogP contribution in [0.25, 0.3) is 11.1 Å². The molecule has 2 aromatic rings. The van der Waals surface area contributed by atoms with Crippen LogP contribution in [0.1, 0.15) is 52.3 Å². The number of hydrogen-bond acceptors (Lipinski definition) is 4. The zero-order valence-corrected chi connectivity index (χ0v) is 13.1. The molecule has 114 valence electrons. The molecule has 0 bridgehead atoms. The van der Waals surface area contributed by atoms with E-state index in [4.69, 9.17) is 10.2 Å². The van der Waals surface area contributed by atoms with Crippen LogP contribution in [-0.4, -0.2) is 16.4 Å². The van der Waals surface area contributed by atoms with Gasteiger partial charge < -0.3 is 15.5 Å². The first-order valence-corrected chi connectivity index (χ1v) is 7.34. The van der Waals surface area contributed by atoms with Crippen molar-refractivity contribution in [2.45, 2.75) is 52.0 Å². The fourth-order valence-corrected chi connectivity index (χ4v) is 2.18. The van der Waals surface area contributed by atoms with Crippen LogP contribution in [-0.2, 0) is 4.79 Å². The topological polar surface area (TPSA) is 81.2 Å². The number of nitrogens with zero attached hydrogens (tertiary/aromatic N) is 1. The molecule has 0 aliphatic carbocycles. The average Bonchev–Trinajstić information content (AvgIpc) is 2.81. The maximum atomic E-state index is 12.2. The summed E-state index contributed by atoms with van der Waals surface area (Å²) >= 11 is 0. The van der Waals surface area contributed by atoms with Crippen molar-refractivity contribution in [2.75, 3.05) is 5.32 Å². The molecule has 5 nitrogen and oxygen atoms in total. The van der Waals surface area contributed by atoms with Crippen LogP contribution >= 0.6 is 0 Å². The molecule has 21 heavy (non-hydrogen) atoms. The number of amides is 1. The highest BCUT2D eigenvalue weighted by molar-refractivity contribution is 5.98. The lowest BCUT2D eigenvalue weighted by molar-refractivity contribution is -0.120. The van der Waals surface area contributed by atoms with Gasteiger partial charge in [0.25, 0.3) is 0 Å². The van der Waals surface area contributed by atoms with E-state index in [1.165, 1.54) is 0 Å². The van der Waals surface area contributed by atoms with Crippen molar-refractivity contribution in [1.29, 1.82) is 0 Å². The summed E-state index contributed by atoms with van der Waals surface area (Å²) in [5.41, 5.74) is 7.31. The van der Waals surface area contributed by atoms with Crippen LogP contribution in [0.15, 0.2) is 22.6 Å². The first-order valence-electron chi connectivity index (χ1n) is 7.34. The molecule has 0 saturated heterocycles. The van der Waals surface area contributed by atoms with Gasteiger partial charge in [-0.25, -0.2) is 4.98 Å². The number of rotatable bonds is 5. The number of hydrogen-bond donors (Lipinski definition) is 2. The fraction of sp³-hybridized carbons (Fsp3) is 0.500. The van der Waals surface area contributed by atoms with Crippen LogP contribution in [0.5, 0.6) is 0 Å². The Hall–Kier alpha value is -1.88. The second-order valence-electron chi connectivity index (χ2n) is 6.01. The highest BCUT2D eigenvalue weighted by Crippen LogP contribution is 2.24. The highest BCUT2D eigenvalue weighted by Gasteiger charge is 2.27. The van der Waals surface area contributed by atoms with E-state index in [1.807, 2.05) is 32.9 Å². The van der Waals surface area contributed by atoms with Gasteiger partial charge in [-0.2, -0.15) is 0 Å². The summed E-state index contributed by atoms with van der Waals surface area (Å²) in [7, 11) is 0. The van der Waals surface area contributed by atoms with Crippen molar-refractivity contribution in [3.8, 4) is 0 Å². The predicted molar refractivity (Wildman–Crippen MR) is 84.2 cm³/mol. The third-order valence-electron chi connectivity index (χ3n) is 3.44. The largest absolute Gasteiger partial charge is 0.440 e. The molecule has 0 saturated carbocycles. The van der Waals surface area contributed by atoms with Crippen LogP contribution < -0.4 is 11.1 Å². The standard InChI is InChI=1S/C16H23N3O2/c1-5-8-16(4,17)15(20)18-11-6-7-13-12(9-11)19-14(21-13)10(2)3/h6-7,9-10H,5,8,17H2,1-4H3,(H,18,20). The van der Waals surface area contributed by atoms with Crippen molar-refractivity contribution in [2.24, 2.45) is 5.73 Å². The minimum Gasteiger partial charge on any atom is -0.440 e. The maximum Gasteiger partial charge on any atom is 0.244 e. The van der Waals surface area contributed by atoms with E-state index in [2.05, 4.69) is 10.3 Å². The van der Waals surface area contributed by atoms with Gasteiger partial charge in [0.15, 0.2) is 11.5 Å². The number of nitrogens with one attached hydrogen (secondary N) is 1. The molecular weight excluding hydrogens is 266 g/mol. The maximum absolute atomic E-state index is 12.2. The van der Waals surface area contributed by atoms with Crippen molar-refractivity contribution in [3.05, 3.63) is 24.1 Å². The molecule has 1 aromatic heterocycles. The Bertz CT molecular complexity index is 644. The molecule has 0 spiro atoms. The Morgan fingerprint density at radius 1 is 1.48 bits per heavy atom. The van der Waals surface area contributed by atoms with Crippen molar-refractivity contribution in [1.82, 2.24) is 4.98 Å². The summed E-state index contributed by atoms with van der Waals surface area (Å²) in [6.45, 7) is 7.81. The first-order chi connectivity index (χ1) is 9.83. The Balaban J connectivity index is 2.21. The Morgan fingerprint density at radius 2 is 2.19 bits per heavy atom. The Labute approximate surface area is 124 Å². The molecule has 5 heteroatoms. The first kappa shape index (κ1) is 15.5. The van der Waals surface area contributed by atoms with Crippen LogP contribution in [0.2, 0.25) is 0 Å². The molecule has 2 rings (SSSR count). The Morgan fingerprint density at radius 3 is 2.81 bits per heavy atom. The van der Waals surface area contributed by atoms with E-state index in [-0.39, 0.29) is 11.8 Å². The molecule has 1 aromatic carbocycles. The number of anilines is 1. The van der Waals surface area contributed by atoms with Gasteiger partial charge in [-0.05, 0) is 31.5 Å². The summed E-state index contributed by atoms with van der Waals surface area (Å²) < 4.78 is 5.65. The highest BCUT2D eigenvalue weighted by atomic mass is 16.3. The summed E-state index contributed by atoms with van der Waals surface area (Å²) in [4.78, 5) is 16.6. The summed E-state index contributed by atoms with van der Waals surface area (Å²) in [6, 6.07) is 5.43. The fourth-order valence-electron chi connectivity index (χ4n) is 2.18. The monoisotopic (exact) mass is 289 g/mol. The number of carbonyl (C=O) groups excluding carboxylic acids is 1. The van der Waals surface area contributed by atoms with Gasteiger partial charge in [0, 0.05) is 11.6 Å². The second kappa shape index (κ2) is 5.85. The van der Waals surface area contributed by atoms with Gasteiger partial charge in [-0.15, -0.1) is 0 Å². The van der Waals surface area contributed by atoms with Gasteiger partial charge in [0.2, 0.25) is 5.91 Å². The van der Waals surface area contributed by atoms with E-state index in [9.17, 15) is 4.79 Å². The zero-order valence-electron chi connectivity index (χ0n) is 13.1. The van der Waals surface area contributed by atoms with E-state index >= 15 is 0 Å². The van der Waals surface area contributed by atoms with Crippen molar-refractivity contribution in [3.63, 3.8) is 0 Å². The SMILES string of the molecule is CCCC(C)(N)C(=O)Nc1ccc2oc(C(C)C)nc2c1. The second-order valence-corrected chi connectivity index (χ2v) is 6.01. The predicted octanol–water partition coefficient (Wildman–Crippen LogP) is 3.41. The quantitative estimate of drug-likeness (QED) is 0.883. The van der Waals surface area contributed by atoms with Crippen molar-refractivity contribution < 1.29 is 9.21 Å². The third-order valence-corrected chi connectivity index (χ3v) is 3.44. The number of fused-ring (bicyclic) bond motifs is 1. The van der Waals surface area contributed by atoms with Crippen molar-refractivity contribution >= 4 is 22.7 Å². The third kappa shape index (κ3) is 3.42. The number of aromatic nitrogens is 1. The molecule has 0 aliphatic rings. The van der Waals surface area contributed by atoms with Crippen LogP contribution in [0.3, 0.4) is 0 Å². The molecule has 0 aliphatic heterocycles. The summed E-state index contributed by atoms with van der Waals surface area (Å²) in [5.74, 6) is 0.742. The summed E-state index contributed by atoms with van der Waals surface area (Å²) in [6.07, 6.45) is 1.50. The molecule has 1 unspecified atom stereocenters. The molecule has 0 radical (unpaired) electrons. The molecule has 1 amide bonds. The number of carbonyl (C=O) groups is 1. The van der Waals surface area contributed by atoms with E-state index in [0.717, 1.165) is 17.5 Å².